The molecular formula is C32H39N3O. The van der Waals surface area contributed by atoms with Crippen molar-refractivity contribution in [3.05, 3.63) is 95.5 Å². The fraction of sp³-hybridized carbons (Fsp3) is 0.375. The molecular weight excluding hydrogens is 442 g/mol. The van der Waals surface area contributed by atoms with Crippen LogP contribution in [0.25, 0.3) is 16.5 Å². The van der Waals surface area contributed by atoms with E-state index in [9.17, 15) is 4.79 Å². The van der Waals surface area contributed by atoms with Crippen LogP contribution >= 0.6 is 0 Å². The summed E-state index contributed by atoms with van der Waals surface area (Å²) in [5.74, 6) is 1.13. The van der Waals surface area contributed by atoms with Gasteiger partial charge in [-0.1, -0.05) is 57.2 Å². The van der Waals surface area contributed by atoms with Gasteiger partial charge in [0.15, 0.2) is 0 Å². The van der Waals surface area contributed by atoms with Gasteiger partial charge in [-0.05, 0) is 85.4 Å². The van der Waals surface area contributed by atoms with Crippen LogP contribution in [0.4, 0.5) is 0 Å². The van der Waals surface area contributed by atoms with Gasteiger partial charge in [0.25, 0.3) is 5.91 Å². The highest BCUT2D eigenvalue weighted by Gasteiger charge is 2.25. The number of H-pyrrole nitrogens is 1. The van der Waals surface area contributed by atoms with Gasteiger partial charge in [-0.15, -0.1) is 0 Å². The normalized spacial score (nSPS) is 16.4. The second-order valence-corrected chi connectivity index (χ2v) is 9.99. The maximum absolute atomic E-state index is 12.8. The highest BCUT2D eigenvalue weighted by atomic mass is 16.2. The summed E-state index contributed by atoms with van der Waals surface area (Å²) in [6, 6.07) is 10.5. The Morgan fingerprint density at radius 3 is 2.56 bits per heavy atom. The highest BCUT2D eigenvalue weighted by Crippen LogP contribution is 2.35. The Labute approximate surface area is 215 Å². The van der Waals surface area contributed by atoms with Crippen molar-refractivity contribution < 1.29 is 4.79 Å². The minimum Gasteiger partial charge on any atom is -0.354 e. The summed E-state index contributed by atoms with van der Waals surface area (Å²) in [4.78, 5) is 22.6. The second kappa shape index (κ2) is 11.6. The number of rotatable bonds is 8. The Morgan fingerprint density at radius 2 is 1.92 bits per heavy atom. The zero-order chi connectivity index (χ0) is 25.7. The molecule has 0 spiro atoms. The van der Waals surface area contributed by atoms with Gasteiger partial charge in [0.05, 0.1) is 0 Å². The monoisotopic (exact) mass is 481 g/mol. The molecule has 1 N–H and O–H groups in total. The lowest BCUT2D eigenvalue weighted by Gasteiger charge is -2.32. The van der Waals surface area contributed by atoms with Crippen molar-refractivity contribution in [2.75, 3.05) is 13.1 Å². The van der Waals surface area contributed by atoms with Crippen molar-refractivity contribution in [3.63, 3.8) is 0 Å². The highest BCUT2D eigenvalue weighted by molar-refractivity contribution is 5.94. The summed E-state index contributed by atoms with van der Waals surface area (Å²) >= 11 is 0. The van der Waals surface area contributed by atoms with Gasteiger partial charge in [0.1, 0.15) is 0 Å². The summed E-state index contributed by atoms with van der Waals surface area (Å²) in [5, 5.41) is 1.31. The molecule has 0 radical (unpaired) electrons. The SMILES string of the molecule is C=C/C=C(\C=C(\C)C(C)CC)c1[nH]c2ccc(C3CCN(C(=O)c4ccncc4)CC3)cc2c1CC. The molecule has 4 heteroatoms. The van der Waals surface area contributed by atoms with Crippen LogP contribution < -0.4 is 0 Å². The zero-order valence-electron chi connectivity index (χ0n) is 22.2. The maximum atomic E-state index is 12.8. The fourth-order valence-electron chi connectivity index (χ4n) is 5.27. The number of pyridine rings is 1. The van der Waals surface area contributed by atoms with Gasteiger partial charge in [-0.3, -0.25) is 9.78 Å². The predicted octanol–water partition coefficient (Wildman–Crippen LogP) is 7.71. The maximum Gasteiger partial charge on any atom is 0.253 e. The summed E-state index contributed by atoms with van der Waals surface area (Å²) in [7, 11) is 0. The first-order chi connectivity index (χ1) is 17.5. The topological polar surface area (TPSA) is 49.0 Å². The Hall–Kier alpha value is -3.40. The van der Waals surface area contributed by atoms with E-state index in [1.807, 2.05) is 11.0 Å². The van der Waals surface area contributed by atoms with Gasteiger partial charge in [0.2, 0.25) is 0 Å². The molecule has 3 aromatic rings. The molecule has 0 bridgehead atoms. The number of fused-ring (bicyclic) bond motifs is 1. The van der Waals surface area contributed by atoms with Gasteiger partial charge in [-0.2, -0.15) is 0 Å². The Morgan fingerprint density at radius 1 is 1.19 bits per heavy atom. The minimum absolute atomic E-state index is 0.108. The summed E-state index contributed by atoms with van der Waals surface area (Å²) in [5.41, 5.74) is 8.42. The second-order valence-electron chi connectivity index (χ2n) is 9.99. The van der Waals surface area contributed by atoms with E-state index >= 15 is 0 Å². The van der Waals surface area contributed by atoms with Gasteiger partial charge in [-0.25, -0.2) is 0 Å². The number of aromatic nitrogens is 2. The number of allylic oxidation sites excluding steroid dienone is 5. The first-order valence-electron chi connectivity index (χ1n) is 13.3. The van der Waals surface area contributed by atoms with Crippen molar-refractivity contribution in [3.8, 4) is 0 Å². The van der Waals surface area contributed by atoms with Crippen LogP contribution in [0.2, 0.25) is 0 Å². The quantitative estimate of drug-likeness (QED) is 0.335. The van der Waals surface area contributed by atoms with Crippen LogP contribution in [0.15, 0.2) is 73.1 Å². The van der Waals surface area contributed by atoms with Crippen LogP contribution in [0.1, 0.15) is 80.1 Å². The van der Waals surface area contributed by atoms with Crippen molar-refractivity contribution in [1.29, 1.82) is 0 Å². The van der Waals surface area contributed by atoms with Crippen LogP contribution in [-0.4, -0.2) is 33.9 Å². The number of hydrogen-bond acceptors (Lipinski definition) is 2. The van der Waals surface area contributed by atoms with Crippen molar-refractivity contribution in [2.45, 2.75) is 59.3 Å². The molecule has 1 aromatic carbocycles. The fourth-order valence-corrected chi connectivity index (χ4v) is 5.27. The largest absolute Gasteiger partial charge is 0.354 e. The Balaban J connectivity index is 1.58. The van der Waals surface area contributed by atoms with E-state index in [-0.39, 0.29) is 5.91 Å². The molecule has 0 saturated carbocycles. The molecule has 188 valence electrons. The third-order valence-corrected chi connectivity index (χ3v) is 7.82. The number of nitrogens with one attached hydrogen (secondary N) is 1. The summed E-state index contributed by atoms with van der Waals surface area (Å²) in [6.45, 7) is 14.5. The molecule has 1 aliphatic rings. The van der Waals surface area contributed by atoms with Crippen LogP contribution in [0.5, 0.6) is 0 Å². The number of likely N-dealkylation sites (tertiary alicyclic amines) is 1. The molecule has 1 saturated heterocycles. The van der Waals surface area contributed by atoms with Crippen molar-refractivity contribution in [2.24, 2.45) is 5.92 Å². The number of hydrogen-bond donors (Lipinski definition) is 1. The number of nitrogens with zero attached hydrogens (tertiary/aromatic N) is 2. The van der Waals surface area contributed by atoms with E-state index in [1.54, 1.807) is 24.5 Å². The van der Waals surface area contributed by atoms with Crippen LogP contribution in [0.3, 0.4) is 0 Å². The van der Waals surface area contributed by atoms with Gasteiger partial charge < -0.3 is 9.88 Å². The number of benzene rings is 1. The lowest BCUT2D eigenvalue weighted by atomic mass is 9.88. The van der Waals surface area contributed by atoms with Gasteiger partial charge >= 0.3 is 0 Å². The van der Waals surface area contributed by atoms with Crippen LogP contribution in [0, 0.1) is 5.92 Å². The number of aromatic amines is 1. The molecule has 1 aliphatic heterocycles. The number of amides is 1. The smallest absolute Gasteiger partial charge is 0.253 e. The Bertz CT molecular complexity index is 1270. The molecule has 0 aliphatic carbocycles. The van der Waals surface area contributed by atoms with E-state index in [0.717, 1.165) is 44.3 Å². The molecule has 36 heavy (non-hydrogen) atoms. The number of aryl methyl sites for hydroxylation is 1. The summed E-state index contributed by atoms with van der Waals surface area (Å²) in [6.07, 6.45) is 13.7. The molecule has 2 aromatic heterocycles. The average Bonchev–Trinajstić information content (AvgIpc) is 3.30. The lowest BCUT2D eigenvalue weighted by molar-refractivity contribution is 0.0713. The average molecular weight is 482 g/mol. The number of carbonyl (C=O) groups is 1. The first-order valence-corrected chi connectivity index (χ1v) is 13.3. The third kappa shape index (κ3) is 5.38. The van der Waals surface area contributed by atoms with Crippen molar-refractivity contribution in [1.82, 2.24) is 14.9 Å². The van der Waals surface area contributed by atoms with Crippen LogP contribution in [-0.2, 0) is 6.42 Å². The number of carbonyl (C=O) groups excluding carboxylic acids is 1. The summed E-state index contributed by atoms with van der Waals surface area (Å²) < 4.78 is 0. The number of piperidine rings is 1. The van der Waals surface area contributed by atoms with E-state index in [0.29, 0.717) is 11.8 Å². The molecule has 3 heterocycles. The van der Waals surface area contributed by atoms with Gasteiger partial charge in [0, 0.05) is 47.6 Å². The van der Waals surface area contributed by atoms with E-state index in [2.05, 4.69) is 74.6 Å². The molecule has 1 fully saturated rings. The van der Waals surface area contributed by atoms with E-state index in [4.69, 9.17) is 0 Å². The minimum atomic E-state index is 0.108. The lowest BCUT2D eigenvalue weighted by Crippen LogP contribution is -2.37. The molecule has 1 atom stereocenters. The molecule has 4 nitrogen and oxygen atoms in total. The predicted molar refractivity (Wildman–Crippen MR) is 151 cm³/mol. The zero-order valence-corrected chi connectivity index (χ0v) is 22.2. The Kier molecular flexibility index (Phi) is 8.25. The first kappa shape index (κ1) is 25.7. The van der Waals surface area contributed by atoms with E-state index < -0.39 is 0 Å². The van der Waals surface area contributed by atoms with E-state index in [1.165, 1.54) is 38.9 Å². The molecule has 1 unspecified atom stereocenters. The van der Waals surface area contributed by atoms with Crippen molar-refractivity contribution >= 4 is 22.4 Å². The molecule has 1 amide bonds. The standard InChI is InChI=1S/C32H39N3O/c1-6-9-27(20-23(5)22(4)7-2)31-28(8-3)29-21-26(10-11-30(29)34-31)24-14-18-35(19-15-24)32(36)25-12-16-33-17-13-25/h6,9-13,16-17,20-22,24,34H,1,7-8,14-15,18-19H2,2-5H3/b23-20-,27-9+. The molecule has 4 rings (SSSR count). The third-order valence-electron chi connectivity index (χ3n) is 7.82.